The van der Waals surface area contributed by atoms with Gasteiger partial charge < -0.3 is 45.9 Å². The average Bonchev–Trinajstić information content (AvgIpc) is 2.96. The molecule has 1 aliphatic heterocycles. The highest BCUT2D eigenvalue weighted by molar-refractivity contribution is 6.00. The Kier molecular flexibility index (Phi) is 13.5. The van der Waals surface area contributed by atoms with E-state index >= 15 is 0 Å². The Bertz CT molecular complexity index is 1030. The molecule has 0 bridgehead atoms. The number of carbonyl (C=O) groups excluding carboxylic acids is 1. The summed E-state index contributed by atoms with van der Waals surface area (Å²) in [6, 6.07) is 3.50. The Morgan fingerprint density at radius 2 is 1.79 bits per heavy atom. The lowest BCUT2D eigenvalue weighted by Crippen LogP contribution is -2.39. The molecule has 0 atom stereocenters. The Hall–Kier alpha value is -3.95. The SMILES string of the molecule is COc1cc(C(OC)OC)cc(OC)c1C(=O)N1CCC(CCCCN/C(=N\C#N)NC(/C=C\N)=C/N)CC1. The van der Waals surface area contributed by atoms with Gasteiger partial charge in [0.05, 0.1) is 19.9 Å². The van der Waals surface area contributed by atoms with Crippen LogP contribution in [0.4, 0.5) is 0 Å². The number of aliphatic imine (C=N–C) groups is 1. The van der Waals surface area contributed by atoms with Crippen molar-refractivity contribution in [2.75, 3.05) is 48.1 Å². The van der Waals surface area contributed by atoms with Crippen LogP contribution in [-0.2, 0) is 9.47 Å². The van der Waals surface area contributed by atoms with E-state index in [9.17, 15) is 4.79 Å². The van der Waals surface area contributed by atoms with Crippen LogP contribution < -0.4 is 31.6 Å². The van der Waals surface area contributed by atoms with Gasteiger partial charge in [-0.25, -0.2) is 0 Å². The summed E-state index contributed by atoms with van der Waals surface area (Å²) in [5.74, 6) is 1.58. The number of allylic oxidation sites excluding steroid dienone is 1. The van der Waals surface area contributed by atoms with Crippen LogP contribution in [0.1, 0.15) is 54.3 Å². The van der Waals surface area contributed by atoms with Crippen LogP contribution in [0.5, 0.6) is 11.5 Å². The molecule has 1 fully saturated rings. The topological polar surface area (TPSA) is 169 Å². The first-order valence-corrected chi connectivity index (χ1v) is 12.8. The predicted molar refractivity (Wildman–Crippen MR) is 149 cm³/mol. The number of guanidine groups is 1. The minimum absolute atomic E-state index is 0.114. The van der Waals surface area contributed by atoms with Crippen LogP contribution in [0.3, 0.4) is 0 Å². The van der Waals surface area contributed by atoms with E-state index in [0.29, 0.717) is 59.8 Å². The number of hydrogen-bond acceptors (Lipinski definition) is 9. The molecule has 1 saturated heterocycles. The third-order valence-corrected chi connectivity index (χ3v) is 6.56. The third kappa shape index (κ3) is 9.08. The van der Waals surface area contributed by atoms with Crippen LogP contribution >= 0.6 is 0 Å². The molecular weight excluding hydrogens is 502 g/mol. The zero-order chi connectivity index (χ0) is 28.6. The van der Waals surface area contributed by atoms with Gasteiger partial charge in [0.15, 0.2) is 6.29 Å². The molecule has 1 heterocycles. The fraction of sp³-hybridized carbons (Fsp3) is 0.519. The van der Waals surface area contributed by atoms with Gasteiger partial charge in [-0.2, -0.15) is 5.26 Å². The van der Waals surface area contributed by atoms with Gasteiger partial charge in [-0.05, 0) is 49.6 Å². The van der Waals surface area contributed by atoms with Crippen molar-refractivity contribution in [2.45, 2.75) is 38.4 Å². The highest BCUT2D eigenvalue weighted by atomic mass is 16.7. The first-order valence-electron chi connectivity index (χ1n) is 12.8. The molecule has 12 heteroatoms. The summed E-state index contributed by atoms with van der Waals surface area (Å²) in [6.07, 6.45) is 10.3. The number of nitrogens with zero attached hydrogens (tertiary/aromatic N) is 3. The molecule has 1 amide bonds. The molecule has 1 aromatic rings. The van der Waals surface area contributed by atoms with E-state index in [1.165, 1.54) is 26.6 Å². The summed E-state index contributed by atoms with van der Waals surface area (Å²) >= 11 is 0. The Morgan fingerprint density at radius 1 is 1.15 bits per heavy atom. The van der Waals surface area contributed by atoms with Gasteiger partial charge in [-0.15, -0.1) is 4.99 Å². The molecule has 0 spiro atoms. The van der Waals surface area contributed by atoms with E-state index < -0.39 is 6.29 Å². The number of hydrogen-bond donors (Lipinski definition) is 4. The molecule has 1 aliphatic rings. The largest absolute Gasteiger partial charge is 0.496 e. The molecule has 214 valence electrons. The highest BCUT2D eigenvalue weighted by Crippen LogP contribution is 2.36. The lowest BCUT2D eigenvalue weighted by Gasteiger charge is -2.33. The number of amides is 1. The number of carbonyl (C=O) groups is 1. The van der Waals surface area contributed by atoms with Crippen molar-refractivity contribution in [2.24, 2.45) is 22.4 Å². The van der Waals surface area contributed by atoms with Crippen molar-refractivity contribution >= 4 is 11.9 Å². The number of methoxy groups -OCH3 is 4. The van der Waals surface area contributed by atoms with Gasteiger partial charge >= 0.3 is 0 Å². The summed E-state index contributed by atoms with van der Waals surface area (Å²) in [4.78, 5) is 19.1. The van der Waals surface area contributed by atoms with Crippen LogP contribution in [0.2, 0.25) is 0 Å². The van der Waals surface area contributed by atoms with Crippen LogP contribution in [0.15, 0.2) is 41.3 Å². The van der Waals surface area contributed by atoms with Crippen LogP contribution in [0, 0.1) is 17.4 Å². The van der Waals surface area contributed by atoms with E-state index in [2.05, 4.69) is 15.6 Å². The molecule has 39 heavy (non-hydrogen) atoms. The molecule has 0 radical (unpaired) electrons. The number of nitrogens with one attached hydrogen (secondary N) is 2. The highest BCUT2D eigenvalue weighted by Gasteiger charge is 2.29. The monoisotopic (exact) mass is 543 g/mol. The van der Waals surface area contributed by atoms with E-state index in [0.717, 1.165) is 32.1 Å². The van der Waals surface area contributed by atoms with E-state index in [1.54, 1.807) is 38.6 Å². The molecule has 6 N–H and O–H groups in total. The minimum Gasteiger partial charge on any atom is -0.496 e. The van der Waals surface area contributed by atoms with Crippen molar-refractivity contribution in [3.63, 3.8) is 0 Å². The minimum atomic E-state index is -0.599. The maximum Gasteiger partial charge on any atom is 0.261 e. The number of rotatable bonds is 13. The van der Waals surface area contributed by atoms with Crippen LogP contribution in [0.25, 0.3) is 0 Å². The fourth-order valence-corrected chi connectivity index (χ4v) is 4.54. The summed E-state index contributed by atoms with van der Waals surface area (Å²) in [5.41, 5.74) is 12.6. The third-order valence-electron chi connectivity index (χ3n) is 6.56. The predicted octanol–water partition coefficient (Wildman–Crippen LogP) is 2.31. The standard InChI is InChI=1S/C27H41N7O5/c1-36-22-15-20(26(38-3)39-4)16-23(37-2)24(22)25(35)34-13-9-19(10-14-34)7-5-6-12-31-27(32-18-30)33-21(17-29)8-11-28/h8,11,15-17,19,26H,5-7,9-10,12-14,28-29H2,1-4H3,(H2,31,32,33)/b11-8-,21-17+. The summed E-state index contributed by atoms with van der Waals surface area (Å²) in [7, 11) is 6.15. The van der Waals surface area contributed by atoms with Gasteiger partial charge in [-0.1, -0.05) is 12.8 Å². The lowest BCUT2D eigenvalue weighted by molar-refractivity contribution is -0.106. The first-order chi connectivity index (χ1) is 19.0. The van der Waals surface area contributed by atoms with Gasteiger partial charge in [-0.3, -0.25) is 4.79 Å². The van der Waals surface area contributed by atoms with Gasteiger partial charge in [0.25, 0.3) is 5.91 Å². The summed E-state index contributed by atoms with van der Waals surface area (Å²) < 4.78 is 21.8. The number of likely N-dealkylation sites (tertiary alicyclic amines) is 1. The molecule has 0 aromatic heterocycles. The second-order valence-corrected chi connectivity index (χ2v) is 8.93. The number of nitriles is 1. The molecule has 0 aliphatic carbocycles. The number of ether oxygens (including phenoxy) is 4. The molecule has 12 nitrogen and oxygen atoms in total. The second kappa shape index (κ2) is 16.8. The zero-order valence-electron chi connectivity index (χ0n) is 23.2. The van der Waals surface area contributed by atoms with Crippen molar-refractivity contribution in [3.05, 3.63) is 47.4 Å². The number of benzene rings is 1. The smallest absolute Gasteiger partial charge is 0.261 e. The Morgan fingerprint density at radius 3 is 2.31 bits per heavy atom. The number of nitrogens with two attached hydrogens (primary N) is 2. The van der Waals surface area contributed by atoms with Crippen LogP contribution in [-0.4, -0.2) is 64.8 Å². The maximum absolute atomic E-state index is 13.5. The Balaban J connectivity index is 1.87. The van der Waals surface area contributed by atoms with E-state index in [1.807, 2.05) is 4.90 Å². The lowest BCUT2D eigenvalue weighted by atomic mass is 9.91. The Labute approximate surface area is 230 Å². The van der Waals surface area contributed by atoms with Crippen molar-refractivity contribution in [3.8, 4) is 17.7 Å². The van der Waals surface area contributed by atoms with Gasteiger partial charge in [0, 0.05) is 45.6 Å². The number of unbranched alkanes of at least 4 members (excludes halogenated alkanes) is 1. The second-order valence-electron chi connectivity index (χ2n) is 8.93. The molecule has 0 unspecified atom stereocenters. The normalized spacial score (nSPS) is 14.9. The van der Waals surface area contributed by atoms with Crippen molar-refractivity contribution in [1.29, 1.82) is 5.26 Å². The van der Waals surface area contributed by atoms with Gasteiger partial charge in [0.1, 0.15) is 17.1 Å². The zero-order valence-corrected chi connectivity index (χ0v) is 23.2. The molecule has 1 aromatic carbocycles. The molecule has 2 rings (SSSR count). The van der Waals surface area contributed by atoms with E-state index in [4.69, 9.17) is 35.7 Å². The average molecular weight is 544 g/mol. The molecular formula is C27H41N7O5. The fourth-order valence-electron chi connectivity index (χ4n) is 4.54. The van der Waals surface area contributed by atoms with Crippen molar-refractivity contribution in [1.82, 2.24) is 15.5 Å². The van der Waals surface area contributed by atoms with E-state index in [-0.39, 0.29) is 5.91 Å². The maximum atomic E-state index is 13.5. The molecule has 0 saturated carbocycles. The quantitative estimate of drug-likeness (QED) is 0.0723. The van der Waals surface area contributed by atoms with Crippen molar-refractivity contribution < 1.29 is 23.7 Å². The summed E-state index contributed by atoms with van der Waals surface area (Å²) in [5, 5.41) is 14.9. The number of piperidine rings is 1. The first kappa shape index (κ1) is 31.3. The summed E-state index contributed by atoms with van der Waals surface area (Å²) in [6.45, 7) is 1.98. The van der Waals surface area contributed by atoms with Gasteiger partial charge in [0.2, 0.25) is 12.2 Å².